The van der Waals surface area contributed by atoms with Crippen molar-refractivity contribution in [3.63, 3.8) is 0 Å². The van der Waals surface area contributed by atoms with Gasteiger partial charge in [0.2, 0.25) is 0 Å². The predicted octanol–water partition coefficient (Wildman–Crippen LogP) is 2.43. The minimum Gasteiger partial charge on any atom is -0.437 e. The molecule has 3 nitrogen and oxygen atoms in total. The van der Waals surface area contributed by atoms with E-state index in [1.54, 1.807) is 0 Å². The lowest BCUT2D eigenvalue weighted by molar-refractivity contribution is -0.225. The van der Waals surface area contributed by atoms with Gasteiger partial charge >= 0.3 is 6.48 Å². The van der Waals surface area contributed by atoms with Gasteiger partial charge in [-0.25, -0.2) is 0 Å². The maximum atomic E-state index is 9.44. The SMILES string of the molecule is OC(OC1=CCCC1)OC1=CCCC1. The van der Waals surface area contributed by atoms with Crippen LogP contribution in [0.2, 0.25) is 0 Å². The maximum Gasteiger partial charge on any atom is 0.357 e. The highest BCUT2D eigenvalue weighted by Gasteiger charge is 2.15. The highest BCUT2D eigenvalue weighted by atomic mass is 16.8. The lowest BCUT2D eigenvalue weighted by Crippen LogP contribution is -2.14. The third kappa shape index (κ3) is 2.51. The van der Waals surface area contributed by atoms with Crippen molar-refractivity contribution in [3.8, 4) is 0 Å². The van der Waals surface area contributed by atoms with E-state index in [0.29, 0.717) is 0 Å². The van der Waals surface area contributed by atoms with Gasteiger partial charge in [0.1, 0.15) is 0 Å². The summed E-state index contributed by atoms with van der Waals surface area (Å²) in [6.45, 7) is -1.12. The van der Waals surface area contributed by atoms with Crippen molar-refractivity contribution in [2.24, 2.45) is 0 Å². The van der Waals surface area contributed by atoms with Gasteiger partial charge in [0.15, 0.2) is 0 Å². The van der Waals surface area contributed by atoms with Crippen molar-refractivity contribution in [3.05, 3.63) is 23.7 Å². The second-order valence-corrected chi connectivity index (χ2v) is 3.67. The fourth-order valence-corrected chi connectivity index (χ4v) is 1.78. The second-order valence-electron chi connectivity index (χ2n) is 3.67. The third-order valence-electron chi connectivity index (χ3n) is 2.50. The van der Waals surface area contributed by atoms with Crippen LogP contribution in [-0.2, 0) is 9.47 Å². The molecule has 3 heteroatoms. The van der Waals surface area contributed by atoms with Gasteiger partial charge in [-0.05, 0) is 37.8 Å². The van der Waals surface area contributed by atoms with E-state index in [4.69, 9.17) is 9.47 Å². The van der Waals surface area contributed by atoms with Crippen LogP contribution in [0.25, 0.3) is 0 Å². The zero-order chi connectivity index (χ0) is 9.80. The van der Waals surface area contributed by atoms with Crippen molar-refractivity contribution < 1.29 is 14.6 Å². The summed E-state index contributed by atoms with van der Waals surface area (Å²) in [5, 5.41) is 9.44. The lowest BCUT2D eigenvalue weighted by atomic mass is 10.4. The molecule has 0 saturated heterocycles. The Labute approximate surface area is 84.0 Å². The first-order valence-corrected chi connectivity index (χ1v) is 5.24. The quantitative estimate of drug-likeness (QED) is 0.702. The van der Waals surface area contributed by atoms with E-state index >= 15 is 0 Å². The smallest absolute Gasteiger partial charge is 0.357 e. The summed E-state index contributed by atoms with van der Waals surface area (Å²) in [4.78, 5) is 0. The predicted molar refractivity (Wildman–Crippen MR) is 52.0 cm³/mol. The Morgan fingerprint density at radius 3 is 1.86 bits per heavy atom. The maximum absolute atomic E-state index is 9.44. The summed E-state index contributed by atoms with van der Waals surface area (Å²) in [6.07, 6.45) is 10.2. The average molecular weight is 196 g/mol. The van der Waals surface area contributed by atoms with E-state index in [1.807, 2.05) is 12.2 Å². The standard InChI is InChI=1S/C11H16O3/c12-11(13-9-5-1-2-6-9)14-10-7-3-4-8-10/h5,7,11-12H,1-4,6,8H2. The molecule has 0 fully saturated rings. The van der Waals surface area contributed by atoms with Gasteiger partial charge in [-0.2, -0.15) is 0 Å². The van der Waals surface area contributed by atoms with Crippen molar-refractivity contribution in [2.45, 2.75) is 45.0 Å². The summed E-state index contributed by atoms with van der Waals surface area (Å²) in [6, 6.07) is 0. The summed E-state index contributed by atoms with van der Waals surface area (Å²) < 4.78 is 10.5. The number of ether oxygens (including phenoxy) is 2. The van der Waals surface area contributed by atoms with Crippen molar-refractivity contribution in [1.29, 1.82) is 0 Å². The monoisotopic (exact) mass is 196 g/mol. The Morgan fingerprint density at radius 1 is 1.00 bits per heavy atom. The van der Waals surface area contributed by atoms with Gasteiger partial charge in [0, 0.05) is 12.8 Å². The van der Waals surface area contributed by atoms with Crippen molar-refractivity contribution in [2.75, 3.05) is 0 Å². The topological polar surface area (TPSA) is 38.7 Å². The number of rotatable bonds is 4. The average Bonchev–Trinajstić information content (AvgIpc) is 2.76. The van der Waals surface area contributed by atoms with Crippen LogP contribution in [-0.4, -0.2) is 11.6 Å². The minimum atomic E-state index is -1.12. The Kier molecular flexibility index (Phi) is 3.09. The van der Waals surface area contributed by atoms with E-state index in [1.165, 1.54) is 0 Å². The van der Waals surface area contributed by atoms with E-state index < -0.39 is 6.48 Å². The van der Waals surface area contributed by atoms with Crippen molar-refractivity contribution >= 4 is 0 Å². The molecule has 0 spiro atoms. The fraction of sp³-hybridized carbons (Fsp3) is 0.636. The first kappa shape index (κ1) is 9.59. The number of hydrogen-bond acceptors (Lipinski definition) is 3. The van der Waals surface area contributed by atoms with Crippen LogP contribution in [0.1, 0.15) is 38.5 Å². The molecule has 0 aliphatic heterocycles. The Balaban J connectivity index is 1.74. The summed E-state index contributed by atoms with van der Waals surface area (Å²) >= 11 is 0. The molecular formula is C11H16O3. The van der Waals surface area contributed by atoms with Crippen LogP contribution in [0, 0.1) is 0 Å². The molecule has 0 heterocycles. The van der Waals surface area contributed by atoms with Crippen LogP contribution in [0.4, 0.5) is 0 Å². The zero-order valence-electron chi connectivity index (χ0n) is 8.24. The Morgan fingerprint density at radius 2 is 1.50 bits per heavy atom. The number of aliphatic hydroxyl groups excluding tert-OH is 1. The van der Waals surface area contributed by atoms with Crippen LogP contribution >= 0.6 is 0 Å². The third-order valence-corrected chi connectivity index (χ3v) is 2.50. The number of aliphatic hydroxyl groups is 1. The van der Waals surface area contributed by atoms with Crippen molar-refractivity contribution in [1.82, 2.24) is 0 Å². The molecule has 0 unspecified atom stereocenters. The molecule has 78 valence electrons. The van der Waals surface area contributed by atoms with E-state index in [-0.39, 0.29) is 0 Å². The first-order chi connectivity index (χ1) is 6.84. The molecule has 2 aliphatic carbocycles. The van der Waals surface area contributed by atoms with E-state index in [2.05, 4.69) is 0 Å². The Hall–Kier alpha value is -0.960. The van der Waals surface area contributed by atoms with Gasteiger partial charge in [0.25, 0.3) is 0 Å². The molecule has 0 radical (unpaired) electrons. The summed E-state index contributed by atoms with van der Waals surface area (Å²) in [7, 11) is 0. The van der Waals surface area contributed by atoms with Gasteiger partial charge in [-0.1, -0.05) is 0 Å². The minimum absolute atomic E-state index is 0.857. The van der Waals surface area contributed by atoms with E-state index in [9.17, 15) is 5.11 Å². The molecule has 0 amide bonds. The van der Waals surface area contributed by atoms with Gasteiger partial charge in [-0.15, -0.1) is 0 Å². The van der Waals surface area contributed by atoms with Crippen LogP contribution in [0.3, 0.4) is 0 Å². The van der Waals surface area contributed by atoms with Gasteiger partial charge < -0.3 is 14.6 Å². The Bertz CT molecular complexity index is 229. The molecule has 2 rings (SSSR count). The van der Waals surface area contributed by atoms with E-state index in [0.717, 1.165) is 50.0 Å². The molecular weight excluding hydrogens is 180 g/mol. The molecule has 0 saturated carbocycles. The fourth-order valence-electron chi connectivity index (χ4n) is 1.78. The largest absolute Gasteiger partial charge is 0.437 e. The second kappa shape index (κ2) is 4.51. The van der Waals surface area contributed by atoms with Gasteiger partial charge in [0.05, 0.1) is 11.5 Å². The molecule has 2 aliphatic rings. The van der Waals surface area contributed by atoms with Gasteiger partial charge in [-0.3, -0.25) is 0 Å². The normalized spacial score (nSPS) is 21.0. The summed E-state index contributed by atoms with van der Waals surface area (Å²) in [5.74, 6) is 1.71. The molecule has 0 atom stereocenters. The highest BCUT2D eigenvalue weighted by molar-refractivity contribution is 5.01. The molecule has 0 aromatic heterocycles. The van der Waals surface area contributed by atoms with Crippen LogP contribution in [0.5, 0.6) is 0 Å². The molecule has 0 aromatic rings. The molecule has 14 heavy (non-hydrogen) atoms. The first-order valence-electron chi connectivity index (χ1n) is 5.24. The molecule has 1 N–H and O–H groups in total. The molecule has 0 bridgehead atoms. The highest BCUT2D eigenvalue weighted by Crippen LogP contribution is 2.23. The number of hydrogen-bond donors (Lipinski definition) is 1. The zero-order valence-corrected chi connectivity index (χ0v) is 8.24. The number of allylic oxidation sites excluding steroid dienone is 4. The van der Waals surface area contributed by atoms with Crippen LogP contribution in [0.15, 0.2) is 23.7 Å². The molecule has 0 aromatic carbocycles. The lowest BCUT2D eigenvalue weighted by Gasteiger charge is -2.16. The summed E-state index contributed by atoms with van der Waals surface area (Å²) in [5.41, 5.74) is 0. The van der Waals surface area contributed by atoms with Crippen LogP contribution < -0.4 is 0 Å².